The quantitative estimate of drug-likeness (QED) is 0.105. The lowest BCUT2D eigenvalue weighted by molar-refractivity contribution is 0.399. The van der Waals surface area contributed by atoms with Crippen LogP contribution in [0.4, 0.5) is 0 Å². The second-order valence-corrected chi connectivity index (χ2v) is 8.90. The summed E-state index contributed by atoms with van der Waals surface area (Å²) in [6.45, 7) is 0. The first kappa shape index (κ1) is 24.6. The van der Waals surface area contributed by atoms with Gasteiger partial charge in [-0.3, -0.25) is 0 Å². The minimum absolute atomic E-state index is 0.00795. The normalized spacial score (nSPS) is 11.6. The molecule has 0 radical (unpaired) electrons. The summed E-state index contributed by atoms with van der Waals surface area (Å²) in [7, 11) is 2.64. The van der Waals surface area contributed by atoms with Gasteiger partial charge in [-0.2, -0.15) is 0 Å². The Hall–Kier alpha value is -5.78. The van der Waals surface area contributed by atoms with E-state index >= 15 is 0 Å². The third kappa shape index (κ3) is 3.26. The Balaban J connectivity index is 1.98. The molecule has 0 aliphatic heterocycles. The molecule has 12 nitrogen and oxygen atoms in total. The molecular weight excluding hydrogens is 528 g/mol. The number of phenols is 6. The fourth-order valence-electron chi connectivity index (χ4n) is 5.01. The predicted octanol–water partition coefficient (Wildman–Crippen LogP) is 4.12. The van der Waals surface area contributed by atoms with E-state index in [1.54, 1.807) is 0 Å². The molecule has 0 amide bonds. The van der Waals surface area contributed by atoms with E-state index in [0.29, 0.717) is 0 Å². The highest BCUT2D eigenvalue weighted by Crippen LogP contribution is 2.53. The first-order valence-corrected chi connectivity index (χ1v) is 11.5. The molecule has 0 spiro atoms. The third-order valence-corrected chi connectivity index (χ3v) is 6.74. The number of hydrogen-bond acceptors (Lipinski definition) is 12. The zero-order chi connectivity index (χ0) is 28.6. The highest BCUT2D eigenvalue weighted by Gasteiger charge is 2.28. The number of methoxy groups -OCH3 is 2. The van der Waals surface area contributed by atoms with Gasteiger partial charge in [-0.05, 0) is 12.1 Å². The van der Waals surface area contributed by atoms with Gasteiger partial charge in [0.05, 0.1) is 14.2 Å². The fraction of sp³-hybridized carbons (Fsp3) is 0.0714. The van der Waals surface area contributed by atoms with E-state index in [-0.39, 0.29) is 66.1 Å². The van der Waals surface area contributed by atoms with Crippen LogP contribution in [0.2, 0.25) is 0 Å². The number of benzene rings is 4. The number of hydrogen-bond donors (Lipinski definition) is 6. The van der Waals surface area contributed by atoms with Crippen LogP contribution in [-0.2, 0) is 0 Å². The summed E-state index contributed by atoms with van der Waals surface area (Å²) in [6, 6.07) is 6.99. The summed E-state index contributed by atoms with van der Waals surface area (Å²) in [5.41, 5.74) is -3.23. The molecule has 202 valence electrons. The summed E-state index contributed by atoms with van der Waals surface area (Å²) in [5, 5.41) is 64.1. The van der Waals surface area contributed by atoms with Crippen LogP contribution in [0.25, 0.3) is 54.6 Å². The first-order chi connectivity index (χ1) is 19.0. The van der Waals surface area contributed by atoms with E-state index in [4.69, 9.17) is 18.3 Å². The molecular formula is C28H18O12. The lowest BCUT2D eigenvalue weighted by Gasteiger charge is -2.18. The van der Waals surface area contributed by atoms with Crippen LogP contribution in [0, 0.1) is 0 Å². The molecule has 0 fully saturated rings. The van der Waals surface area contributed by atoms with Crippen molar-refractivity contribution in [3.63, 3.8) is 0 Å². The summed E-state index contributed by atoms with van der Waals surface area (Å²) < 4.78 is 21.2. The zero-order valence-electron chi connectivity index (χ0n) is 20.6. The Labute approximate surface area is 221 Å². The second-order valence-electron chi connectivity index (χ2n) is 8.90. The van der Waals surface area contributed by atoms with Gasteiger partial charge in [0.1, 0.15) is 44.9 Å². The Kier molecular flexibility index (Phi) is 5.13. The number of fused-ring (bicyclic) bond motifs is 6. The van der Waals surface area contributed by atoms with E-state index in [9.17, 15) is 40.2 Å². The standard InChI is InChI=1S/C28H18O12/c1-37-9-3-11-19(13(29)5-9)27(35)39-17-7-15(31)25(33)23(21(11)17)24-22-12-4-10(38-2)6-14(30)20(12)28(36)40-18(22)8-16(32)26(24)34/h3-8,29-34H,1-2H3. The van der Waals surface area contributed by atoms with Gasteiger partial charge in [-0.25, -0.2) is 9.59 Å². The SMILES string of the molecule is COc1cc(O)c2c(=O)oc3cc(O)c(O)c(-c4c(O)c(O)cc5oc(=O)c6c(O)cc(OC)cc6c45)c3c2c1. The van der Waals surface area contributed by atoms with Gasteiger partial charge in [-0.1, -0.05) is 0 Å². The average molecular weight is 546 g/mol. The van der Waals surface area contributed by atoms with Crippen molar-refractivity contribution in [2.24, 2.45) is 0 Å². The topological polar surface area (TPSA) is 200 Å². The molecule has 2 aromatic heterocycles. The van der Waals surface area contributed by atoms with E-state index in [0.717, 1.165) is 12.1 Å². The van der Waals surface area contributed by atoms with E-state index < -0.39 is 45.7 Å². The number of phenolic OH excluding ortho intramolecular Hbond substituents is 6. The molecule has 6 rings (SSSR count). The van der Waals surface area contributed by atoms with Gasteiger partial charge >= 0.3 is 11.3 Å². The maximum absolute atomic E-state index is 12.8. The summed E-state index contributed by atoms with van der Waals surface area (Å²) in [4.78, 5) is 25.6. The van der Waals surface area contributed by atoms with Crippen LogP contribution in [0.15, 0.2) is 54.8 Å². The molecule has 0 aliphatic rings. The van der Waals surface area contributed by atoms with Crippen molar-refractivity contribution >= 4 is 43.5 Å². The van der Waals surface area contributed by atoms with Crippen molar-refractivity contribution in [1.29, 1.82) is 0 Å². The van der Waals surface area contributed by atoms with Gasteiger partial charge in [0.2, 0.25) is 0 Å². The monoisotopic (exact) mass is 546 g/mol. The molecule has 0 saturated carbocycles. The minimum Gasteiger partial charge on any atom is -0.507 e. The zero-order valence-corrected chi connectivity index (χ0v) is 20.6. The van der Waals surface area contributed by atoms with Crippen molar-refractivity contribution in [1.82, 2.24) is 0 Å². The number of rotatable bonds is 3. The van der Waals surface area contributed by atoms with Gasteiger partial charge in [-0.15, -0.1) is 0 Å². The number of aromatic hydroxyl groups is 6. The molecule has 40 heavy (non-hydrogen) atoms. The molecule has 0 atom stereocenters. The van der Waals surface area contributed by atoms with Gasteiger partial charge in [0.15, 0.2) is 23.0 Å². The van der Waals surface area contributed by atoms with Crippen LogP contribution < -0.4 is 20.7 Å². The third-order valence-electron chi connectivity index (χ3n) is 6.74. The van der Waals surface area contributed by atoms with E-state index in [2.05, 4.69) is 0 Å². The van der Waals surface area contributed by atoms with Crippen molar-refractivity contribution in [3.8, 4) is 57.1 Å². The smallest absolute Gasteiger partial charge is 0.347 e. The maximum atomic E-state index is 12.8. The molecule has 2 heterocycles. The highest BCUT2D eigenvalue weighted by atomic mass is 16.5. The van der Waals surface area contributed by atoms with Crippen LogP contribution in [0.5, 0.6) is 46.0 Å². The highest BCUT2D eigenvalue weighted by molar-refractivity contribution is 6.23. The summed E-state index contributed by atoms with van der Waals surface area (Å²) in [5.74, 6) is -3.97. The Morgan fingerprint density at radius 2 is 0.900 bits per heavy atom. The number of ether oxygens (including phenoxy) is 2. The molecule has 12 heteroatoms. The Morgan fingerprint density at radius 1 is 0.525 bits per heavy atom. The molecule has 0 aliphatic carbocycles. The Morgan fingerprint density at radius 3 is 1.25 bits per heavy atom. The summed E-state index contributed by atoms with van der Waals surface area (Å²) >= 11 is 0. The lowest BCUT2D eigenvalue weighted by Crippen LogP contribution is -2.03. The summed E-state index contributed by atoms with van der Waals surface area (Å²) in [6.07, 6.45) is 0. The van der Waals surface area contributed by atoms with Crippen LogP contribution in [0.1, 0.15) is 0 Å². The molecule has 0 bridgehead atoms. The maximum Gasteiger partial charge on any atom is 0.347 e. The molecule has 6 aromatic rings. The van der Waals surface area contributed by atoms with Crippen LogP contribution >= 0.6 is 0 Å². The molecule has 6 N–H and O–H groups in total. The van der Waals surface area contributed by atoms with Crippen molar-refractivity contribution < 1.29 is 48.9 Å². The second kappa shape index (κ2) is 8.36. The van der Waals surface area contributed by atoms with Gasteiger partial charge in [0.25, 0.3) is 0 Å². The molecule has 0 saturated heterocycles. The molecule has 0 unspecified atom stereocenters. The largest absolute Gasteiger partial charge is 0.507 e. The fourth-order valence-corrected chi connectivity index (χ4v) is 5.01. The first-order valence-electron chi connectivity index (χ1n) is 11.5. The van der Waals surface area contributed by atoms with Crippen molar-refractivity contribution in [2.75, 3.05) is 14.2 Å². The van der Waals surface area contributed by atoms with Gasteiger partial charge < -0.3 is 48.9 Å². The van der Waals surface area contributed by atoms with Gasteiger partial charge in [0, 0.05) is 56.9 Å². The average Bonchev–Trinajstić information content (AvgIpc) is 2.90. The van der Waals surface area contributed by atoms with Crippen LogP contribution in [-0.4, -0.2) is 44.9 Å². The van der Waals surface area contributed by atoms with E-state index in [1.165, 1.54) is 38.5 Å². The predicted molar refractivity (Wildman–Crippen MR) is 142 cm³/mol. The minimum atomic E-state index is -0.977. The molecule has 4 aromatic carbocycles. The van der Waals surface area contributed by atoms with Crippen molar-refractivity contribution in [3.05, 3.63) is 57.2 Å². The van der Waals surface area contributed by atoms with Crippen LogP contribution in [0.3, 0.4) is 0 Å². The Bertz CT molecular complexity index is 2030. The lowest BCUT2D eigenvalue weighted by atomic mass is 9.90. The van der Waals surface area contributed by atoms with Crippen molar-refractivity contribution in [2.45, 2.75) is 0 Å². The van der Waals surface area contributed by atoms with E-state index in [1.807, 2.05) is 0 Å².